The number of aromatic carboxylic acids is 1. The van der Waals surface area contributed by atoms with E-state index in [0.29, 0.717) is 17.9 Å². The number of carboxylic acid groups (broad SMARTS) is 1. The van der Waals surface area contributed by atoms with Gasteiger partial charge in [0, 0.05) is 23.2 Å². The molecule has 8 nitrogen and oxygen atoms in total. The van der Waals surface area contributed by atoms with E-state index in [0.717, 1.165) is 42.5 Å². The Balaban J connectivity index is 1.37. The summed E-state index contributed by atoms with van der Waals surface area (Å²) in [5.74, 6) is -0.985. The van der Waals surface area contributed by atoms with Gasteiger partial charge in [-0.1, -0.05) is 18.6 Å². The second-order valence-corrected chi connectivity index (χ2v) is 7.86. The molecule has 31 heavy (non-hydrogen) atoms. The van der Waals surface area contributed by atoms with Crippen LogP contribution < -0.4 is 10.6 Å². The molecular formula is C23H27N5O3. The molecule has 1 fully saturated rings. The first-order chi connectivity index (χ1) is 15.1. The molecule has 162 valence electrons. The highest BCUT2D eigenvalue weighted by molar-refractivity contribution is 5.99. The molecule has 4 N–H and O–H groups in total. The van der Waals surface area contributed by atoms with E-state index >= 15 is 0 Å². The predicted octanol–water partition coefficient (Wildman–Crippen LogP) is 3.93. The van der Waals surface area contributed by atoms with E-state index in [2.05, 4.69) is 25.7 Å². The van der Waals surface area contributed by atoms with Crippen molar-refractivity contribution in [2.45, 2.75) is 25.7 Å². The minimum absolute atomic E-state index is 0.202. The van der Waals surface area contributed by atoms with Crippen molar-refractivity contribution >= 4 is 28.6 Å². The molecule has 0 unspecified atom stereocenters. The van der Waals surface area contributed by atoms with Gasteiger partial charge >= 0.3 is 12.0 Å². The number of anilines is 1. The number of likely N-dealkylation sites (tertiary alicyclic amines) is 1. The summed E-state index contributed by atoms with van der Waals surface area (Å²) >= 11 is 0. The van der Waals surface area contributed by atoms with Crippen LogP contribution >= 0.6 is 0 Å². The monoisotopic (exact) mass is 421 g/mol. The van der Waals surface area contributed by atoms with Crippen LogP contribution in [0.3, 0.4) is 0 Å². The maximum atomic E-state index is 12.3. The first kappa shape index (κ1) is 20.9. The molecule has 1 aliphatic heterocycles. The number of nitrogens with one attached hydrogen (secondary N) is 3. The minimum atomic E-state index is -0.985. The van der Waals surface area contributed by atoms with Crippen LogP contribution in [0.15, 0.2) is 42.5 Å². The van der Waals surface area contributed by atoms with Gasteiger partial charge in [-0.3, -0.25) is 5.10 Å². The van der Waals surface area contributed by atoms with E-state index in [1.807, 2.05) is 24.3 Å². The Bertz CT molecular complexity index is 1070. The zero-order valence-electron chi connectivity index (χ0n) is 17.4. The van der Waals surface area contributed by atoms with Crippen molar-refractivity contribution in [3.8, 4) is 11.3 Å². The lowest BCUT2D eigenvalue weighted by Gasteiger charge is -2.26. The van der Waals surface area contributed by atoms with Gasteiger partial charge in [0.05, 0.1) is 16.8 Å². The quantitative estimate of drug-likeness (QED) is 0.432. The maximum Gasteiger partial charge on any atom is 0.335 e. The molecule has 1 aliphatic rings. The number of H-pyrrole nitrogens is 1. The van der Waals surface area contributed by atoms with Gasteiger partial charge in [0.25, 0.3) is 0 Å². The molecule has 0 bridgehead atoms. The fourth-order valence-electron chi connectivity index (χ4n) is 3.97. The van der Waals surface area contributed by atoms with E-state index in [1.165, 1.54) is 19.3 Å². The molecule has 2 heterocycles. The van der Waals surface area contributed by atoms with Crippen molar-refractivity contribution in [2.24, 2.45) is 0 Å². The molecule has 0 aliphatic carbocycles. The topological polar surface area (TPSA) is 110 Å². The maximum absolute atomic E-state index is 12.3. The van der Waals surface area contributed by atoms with Gasteiger partial charge in [-0.25, -0.2) is 9.59 Å². The Morgan fingerprint density at radius 3 is 2.74 bits per heavy atom. The smallest absolute Gasteiger partial charge is 0.335 e. The third-order valence-electron chi connectivity index (χ3n) is 5.59. The molecule has 1 saturated heterocycles. The Hall–Kier alpha value is -3.39. The number of hydrogen-bond donors (Lipinski definition) is 4. The van der Waals surface area contributed by atoms with Crippen molar-refractivity contribution in [1.29, 1.82) is 0 Å². The van der Waals surface area contributed by atoms with Gasteiger partial charge < -0.3 is 20.6 Å². The van der Waals surface area contributed by atoms with Gasteiger partial charge in [-0.2, -0.15) is 5.10 Å². The summed E-state index contributed by atoms with van der Waals surface area (Å²) in [6, 6.07) is 12.0. The van der Waals surface area contributed by atoms with Crippen molar-refractivity contribution in [3.05, 3.63) is 48.0 Å². The number of nitrogens with zero attached hydrogens (tertiary/aromatic N) is 2. The lowest BCUT2D eigenvalue weighted by atomic mass is 10.1. The molecule has 3 aromatic rings. The zero-order valence-corrected chi connectivity index (χ0v) is 17.4. The molecular weight excluding hydrogens is 394 g/mol. The second kappa shape index (κ2) is 9.61. The highest BCUT2D eigenvalue weighted by Crippen LogP contribution is 2.28. The summed E-state index contributed by atoms with van der Waals surface area (Å²) in [4.78, 5) is 26.0. The molecule has 0 atom stereocenters. The van der Waals surface area contributed by atoms with Gasteiger partial charge in [-0.05, 0) is 69.2 Å². The van der Waals surface area contributed by atoms with Crippen LogP contribution in [-0.4, -0.2) is 58.4 Å². The number of carbonyl (C=O) groups excluding carboxylic acids is 1. The fourth-order valence-corrected chi connectivity index (χ4v) is 3.97. The van der Waals surface area contributed by atoms with Crippen molar-refractivity contribution in [1.82, 2.24) is 20.4 Å². The SMILES string of the molecule is O=C(NCCCN1CCCCC1)Nc1cccc(-c2n[nH]c3ccc(C(=O)O)cc23)c1. The highest BCUT2D eigenvalue weighted by atomic mass is 16.4. The van der Waals surface area contributed by atoms with Crippen molar-refractivity contribution < 1.29 is 14.7 Å². The van der Waals surface area contributed by atoms with Crippen LogP contribution in [-0.2, 0) is 0 Å². The van der Waals surface area contributed by atoms with Crippen LogP contribution in [0.1, 0.15) is 36.0 Å². The molecule has 2 amide bonds. The molecule has 8 heteroatoms. The number of hydrogen-bond acceptors (Lipinski definition) is 4. The molecule has 0 radical (unpaired) electrons. The van der Waals surface area contributed by atoms with Gasteiger partial charge in [0.1, 0.15) is 0 Å². The van der Waals surface area contributed by atoms with Gasteiger partial charge in [0.15, 0.2) is 0 Å². The number of rotatable bonds is 7. The summed E-state index contributed by atoms with van der Waals surface area (Å²) in [7, 11) is 0. The third-order valence-corrected chi connectivity index (χ3v) is 5.59. The standard InChI is InChI=1S/C23H27N5O3/c29-22(30)17-8-9-20-19(15-17)21(27-26-20)16-6-4-7-18(14-16)25-23(31)24-10-5-13-28-11-2-1-3-12-28/h4,6-9,14-15H,1-3,5,10-13H2,(H,26,27)(H,29,30)(H2,24,25,31). The minimum Gasteiger partial charge on any atom is -0.478 e. The zero-order chi connectivity index (χ0) is 21.6. The number of piperidine rings is 1. The normalized spacial score (nSPS) is 14.5. The Morgan fingerprint density at radius 2 is 1.94 bits per heavy atom. The van der Waals surface area contributed by atoms with E-state index in [4.69, 9.17) is 0 Å². The molecule has 0 saturated carbocycles. The first-order valence-electron chi connectivity index (χ1n) is 10.7. The number of carbonyl (C=O) groups is 2. The second-order valence-electron chi connectivity index (χ2n) is 7.86. The van der Waals surface area contributed by atoms with Crippen LogP contribution in [0.2, 0.25) is 0 Å². The first-order valence-corrected chi connectivity index (χ1v) is 10.7. The van der Waals surface area contributed by atoms with Crippen LogP contribution in [0.5, 0.6) is 0 Å². The fraction of sp³-hybridized carbons (Fsp3) is 0.348. The summed E-state index contributed by atoms with van der Waals surface area (Å²) in [5.41, 5.74) is 3.04. The summed E-state index contributed by atoms with van der Waals surface area (Å²) in [6.45, 7) is 3.97. The Morgan fingerprint density at radius 1 is 1.10 bits per heavy atom. The number of aromatic nitrogens is 2. The number of urea groups is 1. The predicted molar refractivity (Wildman–Crippen MR) is 120 cm³/mol. The number of aromatic amines is 1. The lowest BCUT2D eigenvalue weighted by molar-refractivity contribution is 0.0697. The van der Waals surface area contributed by atoms with E-state index < -0.39 is 5.97 Å². The van der Waals surface area contributed by atoms with Gasteiger partial charge in [-0.15, -0.1) is 0 Å². The Kier molecular flexibility index (Phi) is 6.47. The summed E-state index contributed by atoms with van der Waals surface area (Å²) < 4.78 is 0. The van der Waals surface area contributed by atoms with Crippen LogP contribution in [0.25, 0.3) is 22.2 Å². The number of carboxylic acids is 1. The van der Waals surface area contributed by atoms with Gasteiger partial charge in [0.2, 0.25) is 0 Å². The molecule has 1 aromatic heterocycles. The lowest BCUT2D eigenvalue weighted by Crippen LogP contribution is -2.34. The number of fused-ring (bicyclic) bond motifs is 1. The van der Waals surface area contributed by atoms with Crippen molar-refractivity contribution in [2.75, 3.05) is 31.5 Å². The summed E-state index contributed by atoms with van der Waals surface area (Å²) in [5, 5.41) is 23.0. The molecule has 2 aromatic carbocycles. The average Bonchev–Trinajstić information content (AvgIpc) is 3.21. The average molecular weight is 422 g/mol. The molecule has 4 rings (SSSR count). The summed E-state index contributed by atoms with van der Waals surface area (Å²) in [6.07, 6.45) is 4.80. The number of amides is 2. The highest BCUT2D eigenvalue weighted by Gasteiger charge is 2.13. The van der Waals surface area contributed by atoms with Crippen LogP contribution in [0, 0.1) is 0 Å². The number of benzene rings is 2. The van der Waals surface area contributed by atoms with E-state index in [-0.39, 0.29) is 11.6 Å². The third kappa shape index (κ3) is 5.21. The van der Waals surface area contributed by atoms with Crippen LogP contribution in [0.4, 0.5) is 10.5 Å². The largest absolute Gasteiger partial charge is 0.478 e. The van der Waals surface area contributed by atoms with E-state index in [1.54, 1.807) is 18.2 Å². The Labute approximate surface area is 180 Å². The van der Waals surface area contributed by atoms with E-state index in [9.17, 15) is 14.7 Å². The van der Waals surface area contributed by atoms with Crippen molar-refractivity contribution in [3.63, 3.8) is 0 Å². The molecule has 0 spiro atoms.